The molecule has 0 aromatic heterocycles. The van der Waals surface area contributed by atoms with E-state index in [0.29, 0.717) is 17.8 Å². The third kappa shape index (κ3) is 5.74. The molecule has 2 aromatic rings. The Morgan fingerprint density at radius 1 is 1.14 bits per heavy atom. The van der Waals surface area contributed by atoms with Crippen LogP contribution >= 0.6 is 0 Å². The van der Waals surface area contributed by atoms with Crippen LogP contribution < -0.4 is 14.8 Å². The summed E-state index contributed by atoms with van der Waals surface area (Å²) in [6.07, 6.45) is 4.56. The minimum atomic E-state index is -0.178. The Hall–Kier alpha value is -2.99. The maximum absolute atomic E-state index is 10.7. The van der Waals surface area contributed by atoms with E-state index in [4.69, 9.17) is 9.47 Å². The van der Waals surface area contributed by atoms with E-state index in [2.05, 4.69) is 18.3 Å². The quantitative estimate of drug-likeness (QED) is 0.633. The SMILES string of the molecule is CC1CC=C(c2cc(C=O)c(O)cc2O)C1.CNCc1cc(OC)ccc1OC. The molecule has 1 unspecified atom stereocenters. The number of rotatable bonds is 6. The Kier molecular flexibility index (Phi) is 8.09. The molecule has 1 aliphatic rings. The summed E-state index contributed by atoms with van der Waals surface area (Å²) in [4.78, 5) is 10.7. The summed E-state index contributed by atoms with van der Waals surface area (Å²) in [5, 5.41) is 22.2. The van der Waals surface area contributed by atoms with Crippen LogP contribution in [0.3, 0.4) is 0 Å². The van der Waals surface area contributed by atoms with Gasteiger partial charge >= 0.3 is 0 Å². The Morgan fingerprint density at radius 3 is 2.45 bits per heavy atom. The van der Waals surface area contributed by atoms with Crippen molar-refractivity contribution in [2.75, 3.05) is 21.3 Å². The second kappa shape index (κ2) is 10.5. The van der Waals surface area contributed by atoms with Gasteiger partial charge in [-0.2, -0.15) is 0 Å². The molecular weight excluding hydrogens is 370 g/mol. The molecule has 0 fully saturated rings. The first-order valence-corrected chi connectivity index (χ1v) is 9.49. The molecule has 0 spiro atoms. The summed E-state index contributed by atoms with van der Waals surface area (Å²) in [6, 6.07) is 8.53. The smallest absolute Gasteiger partial charge is 0.153 e. The molecule has 0 saturated heterocycles. The van der Waals surface area contributed by atoms with Crippen LogP contribution in [0, 0.1) is 5.92 Å². The number of carbonyl (C=O) groups is 1. The number of phenols is 2. The number of hydrogen-bond acceptors (Lipinski definition) is 6. The summed E-state index contributed by atoms with van der Waals surface area (Å²) < 4.78 is 10.3. The molecule has 0 bridgehead atoms. The van der Waals surface area contributed by atoms with E-state index in [-0.39, 0.29) is 17.1 Å². The van der Waals surface area contributed by atoms with E-state index in [9.17, 15) is 15.0 Å². The van der Waals surface area contributed by atoms with Crippen molar-refractivity contribution in [1.29, 1.82) is 0 Å². The van der Waals surface area contributed by atoms with Crippen LogP contribution in [0.4, 0.5) is 0 Å². The first-order valence-electron chi connectivity index (χ1n) is 9.49. The Balaban J connectivity index is 0.000000212. The van der Waals surface area contributed by atoms with Gasteiger partial charge in [-0.1, -0.05) is 13.0 Å². The first-order chi connectivity index (χ1) is 13.9. The number of phenolic OH excluding ortho intramolecular Hbond substituents is 2. The summed E-state index contributed by atoms with van der Waals surface area (Å²) in [5.41, 5.74) is 3.02. The average Bonchev–Trinajstić information content (AvgIpc) is 3.15. The van der Waals surface area contributed by atoms with Crippen molar-refractivity contribution in [2.24, 2.45) is 5.92 Å². The van der Waals surface area contributed by atoms with Gasteiger partial charge in [-0.25, -0.2) is 0 Å². The molecule has 0 heterocycles. The number of carbonyl (C=O) groups excluding carboxylic acids is 1. The van der Waals surface area contributed by atoms with Gasteiger partial charge in [0, 0.05) is 23.7 Å². The highest BCUT2D eigenvalue weighted by atomic mass is 16.5. The number of allylic oxidation sites excluding steroid dienone is 2. The van der Waals surface area contributed by atoms with E-state index < -0.39 is 0 Å². The molecule has 6 nitrogen and oxygen atoms in total. The predicted molar refractivity (Wildman–Crippen MR) is 114 cm³/mol. The Morgan fingerprint density at radius 2 is 1.90 bits per heavy atom. The fourth-order valence-electron chi connectivity index (χ4n) is 3.26. The second-order valence-electron chi connectivity index (χ2n) is 7.03. The van der Waals surface area contributed by atoms with Gasteiger partial charge in [-0.15, -0.1) is 0 Å². The molecule has 0 aliphatic heterocycles. The molecule has 1 atom stereocenters. The molecule has 3 N–H and O–H groups in total. The van der Waals surface area contributed by atoms with Crippen LogP contribution in [0.5, 0.6) is 23.0 Å². The van der Waals surface area contributed by atoms with Gasteiger partial charge in [0.2, 0.25) is 0 Å². The third-order valence-electron chi connectivity index (χ3n) is 4.81. The Bertz CT molecular complexity index is 876. The van der Waals surface area contributed by atoms with Gasteiger partial charge in [0.25, 0.3) is 0 Å². The van der Waals surface area contributed by atoms with E-state index in [1.807, 2.05) is 25.2 Å². The summed E-state index contributed by atoms with van der Waals surface area (Å²) in [5.74, 6) is 2.16. The van der Waals surface area contributed by atoms with Crippen molar-refractivity contribution in [3.8, 4) is 23.0 Å². The van der Waals surface area contributed by atoms with Crippen molar-refractivity contribution in [3.63, 3.8) is 0 Å². The standard InChI is InChI=1S/C13H14O3.C10H15NO2/c1-8-2-3-9(4-8)11-5-10(7-14)12(15)6-13(11)16;1-11-7-8-6-9(12-2)4-5-10(8)13-3/h3,5-8,15-16H,2,4H2,1H3;4-6,11H,7H2,1-3H3. The largest absolute Gasteiger partial charge is 0.507 e. The first kappa shape index (κ1) is 22.3. The van der Waals surface area contributed by atoms with Crippen LogP contribution in [-0.4, -0.2) is 37.8 Å². The van der Waals surface area contributed by atoms with Crippen LogP contribution in [-0.2, 0) is 6.54 Å². The highest BCUT2D eigenvalue weighted by molar-refractivity contribution is 5.84. The zero-order valence-electron chi connectivity index (χ0n) is 17.4. The van der Waals surface area contributed by atoms with Gasteiger partial charge < -0.3 is 25.0 Å². The van der Waals surface area contributed by atoms with Gasteiger partial charge in [-0.05, 0) is 55.6 Å². The lowest BCUT2D eigenvalue weighted by Gasteiger charge is -2.09. The number of hydrogen-bond donors (Lipinski definition) is 3. The topological polar surface area (TPSA) is 88.0 Å². The maximum Gasteiger partial charge on any atom is 0.153 e. The van der Waals surface area contributed by atoms with Crippen LogP contribution in [0.2, 0.25) is 0 Å². The van der Waals surface area contributed by atoms with E-state index in [0.717, 1.165) is 42.0 Å². The normalized spacial score (nSPS) is 15.2. The molecule has 0 amide bonds. The Labute approximate surface area is 171 Å². The van der Waals surface area contributed by atoms with Crippen molar-refractivity contribution >= 4 is 11.9 Å². The summed E-state index contributed by atoms with van der Waals surface area (Å²) in [6.45, 7) is 2.92. The number of aromatic hydroxyl groups is 2. The zero-order valence-corrected chi connectivity index (χ0v) is 17.4. The highest BCUT2D eigenvalue weighted by Crippen LogP contribution is 2.38. The molecule has 0 radical (unpaired) electrons. The number of ether oxygens (including phenoxy) is 2. The fraction of sp³-hybridized carbons (Fsp3) is 0.348. The lowest BCUT2D eigenvalue weighted by Crippen LogP contribution is -2.06. The van der Waals surface area contributed by atoms with Gasteiger partial charge in [-0.3, -0.25) is 4.79 Å². The van der Waals surface area contributed by atoms with Crippen molar-refractivity contribution in [3.05, 3.63) is 53.1 Å². The molecule has 29 heavy (non-hydrogen) atoms. The van der Waals surface area contributed by atoms with Crippen LogP contribution in [0.25, 0.3) is 5.57 Å². The molecule has 0 saturated carbocycles. The van der Waals surface area contributed by atoms with Crippen LogP contribution in [0.15, 0.2) is 36.4 Å². The summed E-state index contributed by atoms with van der Waals surface area (Å²) >= 11 is 0. The van der Waals surface area contributed by atoms with Gasteiger partial charge in [0.15, 0.2) is 6.29 Å². The average molecular weight is 399 g/mol. The fourth-order valence-corrected chi connectivity index (χ4v) is 3.26. The molecular formula is C23H29NO5. The minimum Gasteiger partial charge on any atom is -0.507 e. The second-order valence-corrected chi connectivity index (χ2v) is 7.03. The van der Waals surface area contributed by atoms with Gasteiger partial charge in [0.1, 0.15) is 23.0 Å². The number of benzene rings is 2. The van der Waals surface area contributed by atoms with E-state index >= 15 is 0 Å². The van der Waals surface area contributed by atoms with Crippen molar-refractivity contribution < 1.29 is 24.5 Å². The monoisotopic (exact) mass is 399 g/mol. The molecule has 1 aliphatic carbocycles. The number of methoxy groups -OCH3 is 2. The molecule has 156 valence electrons. The van der Waals surface area contributed by atoms with Gasteiger partial charge in [0.05, 0.1) is 19.8 Å². The predicted octanol–water partition coefficient (Wildman–Crippen LogP) is 4.15. The van der Waals surface area contributed by atoms with Crippen molar-refractivity contribution in [2.45, 2.75) is 26.3 Å². The van der Waals surface area contributed by atoms with E-state index in [1.54, 1.807) is 20.3 Å². The molecule has 3 rings (SSSR count). The summed E-state index contributed by atoms with van der Waals surface area (Å²) in [7, 11) is 5.23. The zero-order chi connectivity index (χ0) is 21.4. The molecule has 2 aromatic carbocycles. The van der Waals surface area contributed by atoms with Crippen molar-refractivity contribution in [1.82, 2.24) is 5.32 Å². The number of nitrogens with one attached hydrogen (secondary N) is 1. The lowest BCUT2D eigenvalue weighted by molar-refractivity contribution is 0.112. The third-order valence-corrected chi connectivity index (χ3v) is 4.81. The molecule has 6 heteroatoms. The number of aldehydes is 1. The van der Waals surface area contributed by atoms with Crippen LogP contribution in [0.1, 0.15) is 41.3 Å². The lowest BCUT2D eigenvalue weighted by atomic mass is 9.99. The van der Waals surface area contributed by atoms with E-state index in [1.165, 1.54) is 6.07 Å². The minimum absolute atomic E-state index is 0.0310. The maximum atomic E-state index is 10.7. The highest BCUT2D eigenvalue weighted by Gasteiger charge is 2.18.